The van der Waals surface area contributed by atoms with Gasteiger partial charge in [0.1, 0.15) is 0 Å². The number of halogens is 1. The molecule has 0 saturated heterocycles. The maximum absolute atomic E-state index is 12.2. The number of carbonyl (C=O) groups is 1. The monoisotopic (exact) mass is 371 g/mol. The van der Waals surface area contributed by atoms with Crippen molar-refractivity contribution in [3.05, 3.63) is 70.2 Å². The number of aromatic nitrogens is 1. The molecule has 0 aliphatic rings. The summed E-state index contributed by atoms with van der Waals surface area (Å²) in [6.07, 6.45) is 1.22. The van der Waals surface area contributed by atoms with Gasteiger partial charge < -0.3 is 10.6 Å². The van der Waals surface area contributed by atoms with Gasteiger partial charge in [-0.2, -0.15) is 0 Å². The number of hydrogen-bond acceptors (Lipinski definition) is 4. The predicted octanol–water partition coefficient (Wildman–Crippen LogP) is 5.28. The summed E-state index contributed by atoms with van der Waals surface area (Å²) in [6.45, 7) is 2.10. The summed E-state index contributed by atoms with van der Waals surface area (Å²) in [7, 11) is 0. The number of amides is 1. The molecule has 0 fully saturated rings. The van der Waals surface area contributed by atoms with Crippen molar-refractivity contribution in [3.63, 3.8) is 0 Å². The SMILES string of the molecule is CCc1ccc(NC(=O)Cc2csc(Nc3cccc(Cl)c3)n2)cc1. The number of rotatable bonds is 6. The highest BCUT2D eigenvalue weighted by Crippen LogP contribution is 2.23. The molecule has 25 heavy (non-hydrogen) atoms. The van der Waals surface area contributed by atoms with E-state index in [9.17, 15) is 4.79 Å². The quantitative estimate of drug-likeness (QED) is 0.619. The third-order valence-corrected chi connectivity index (χ3v) is 4.66. The molecular formula is C19H18ClN3OS. The second-order valence-electron chi connectivity index (χ2n) is 5.55. The molecule has 3 rings (SSSR count). The normalized spacial score (nSPS) is 10.5. The van der Waals surface area contributed by atoms with Crippen molar-refractivity contribution in [2.24, 2.45) is 0 Å². The number of thiazole rings is 1. The van der Waals surface area contributed by atoms with Gasteiger partial charge in [0.25, 0.3) is 0 Å². The number of hydrogen-bond donors (Lipinski definition) is 2. The van der Waals surface area contributed by atoms with Crippen molar-refractivity contribution in [3.8, 4) is 0 Å². The van der Waals surface area contributed by atoms with Crippen molar-refractivity contribution in [2.75, 3.05) is 10.6 Å². The maximum atomic E-state index is 12.2. The van der Waals surface area contributed by atoms with Crippen molar-refractivity contribution in [1.82, 2.24) is 4.98 Å². The minimum absolute atomic E-state index is 0.0798. The average Bonchev–Trinajstić information content (AvgIpc) is 3.02. The first-order valence-corrected chi connectivity index (χ1v) is 9.24. The van der Waals surface area contributed by atoms with Crippen LogP contribution in [0.15, 0.2) is 53.9 Å². The number of benzene rings is 2. The van der Waals surface area contributed by atoms with Gasteiger partial charge in [-0.05, 0) is 42.3 Å². The van der Waals surface area contributed by atoms with E-state index in [1.165, 1.54) is 16.9 Å². The fourth-order valence-electron chi connectivity index (χ4n) is 2.33. The Hall–Kier alpha value is -2.37. The van der Waals surface area contributed by atoms with Gasteiger partial charge in [0, 0.05) is 21.8 Å². The summed E-state index contributed by atoms with van der Waals surface area (Å²) in [5.41, 5.74) is 3.65. The van der Waals surface area contributed by atoms with Crippen molar-refractivity contribution < 1.29 is 4.79 Å². The van der Waals surface area contributed by atoms with E-state index in [1.54, 1.807) is 0 Å². The third kappa shape index (κ3) is 5.05. The molecule has 128 valence electrons. The van der Waals surface area contributed by atoms with Gasteiger partial charge in [-0.3, -0.25) is 4.79 Å². The summed E-state index contributed by atoms with van der Waals surface area (Å²) >= 11 is 7.43. The van der Waals surface area contributed by atoms with Crippen LogP contribution in [0.3, 0.4) is 0 Å². The van der Waals surface area contributed by atoms with E-state index in [0.29, 0.717) is 5.02 Å². The van der Waals surface area contributed by atoms with Crippen LogP contribution in [0.2, 0.25) is 5.02 Å². The fraction of sp³-hybridized carbons (Fsp3) is 0.158. The Balaban J connectivity index is 1.57. The molecule has 6 heteroatoms. The lowest BCUT2D eigenvalue weighted by molar-refractivity contribution is -0.115. The summed E-state index contributed by atoms with van der Waals surface area (Å²) in [5.74, 6) is -0.0798. The van der Waals surface area contributed by atoms with Crippen molar-refractivity contribution >= 4 is 45.4 Å². The zero-order valence-corrected chi connectivity index (χ0v) is 15.3. The topological polar surface area (TPSA) is 54.0 Å². The van der Waals surface area contributed by atoms with Crippen LogP contribution >= 0.6 is 22.9 Å². The van der Waals surface area contributed by atoms with E-state index >= 15 is 0 Å². The highest BCUT2D eigenvalue weighted by atomic mass is 35.5. The van der Waals surface area contributed by atoms with E-state index < -0.39 is 0 Å². The fourth-order valence-corrected chi connectivity index (χ4v) is 3.25. The van der Waals surface area contributed by atoms with Gasteiger partial charge in [0.05, 0.1) is 12.1 Å². The molecular weight excluding hydrogens is 354 g/mol. The highest BCUT2D eigenvalue weighted by Gasteiger charge is 2.09. The lowest BCUT2D eigenvalue weighted by Gasteiger charge is -2.05. The van der Waals surface area contributed by atoms with Gasteiger partial charge in [0.15, 0.2) is 5.13 Å². The van der Waals surface area contributed by atoms with Crippen LogP contribution in [0.4, 0.5) is 16.5 Å². The molecule has 2 aromatic carbocycles. The largest absolute Gasteiger partial charge is 0.331 e. The van der Waals surface area contributed by atoms with Gasteiger partial charge in [0.2, 0.25) is 5.91 Å². The maximum Gasteiger partial charge on any atom is 0.230 e. The molecule has 1 aromatic heterocycles. The first kappa shape index (κ1) is 17.5. The van der Waals surface area contributed by atoms with Gasteiger partial charge in [-0.25, -0.2) is 4.98 Å². The Morgan fingerprint density at radius 3 is 2.68 bits per heavy atom. The van der Waals surface area contributed by atoms with E-state index in [2.05, 4.69) is 22.5 Å². The minimum Gasteiger partial charge on any atom is -0.331 e. The number of nitrogens with zero attached hydrogens (tertiary/aromatic N) is 1. The Morgan fingerprint density at radius 1 is 1.16 bits per heavy atom. The average molecular weight is 372 g/mol. The van der Waals surface area contributed by atoms with Gasteiger partial charge >= 0.3 is 0 Å². The summed E-state index contributed by atoms with van der Waals surface area (Å²) in [6, 6.07) is 15.3. The van der Waals surface area contributed by atoms with Crippen LogP contribution in [0.25, 0.3) is 0 Å². The molecule has 0 unspecified atom stereocenters. The number of aryl methyl sites for hydroxylation is 1. The lowest BCUT2D eigenvalue weighted by atomic mass is 10.1. The second-order valence-corrected chi connectivity index (χ2v) is 6.85. The molecule has 0 saturated carbocycles. The molecule has 0 bridgehead atoms. The summed E-state index contributed by atoms with van der Waals surface area (Å²) in [4.78, 5) is 16.6. The molecule has 3 aromatic rings. The molecule has 0 radical (unpaired) electrons. The van der Waals surface area contributed by atoms with Gasteiger partial charge in [-0.15, -0.1) is 11.3 Å². The lowest BCUT2D eigenvalue weighted by Crippen LogP contribution is -2.14. The Morgan fingerprint density at radius 2 is 1.96 bits per heavy atom. The minimum atomic E-state index is -0.0798. The number of anilines is 3. The number of carbonyl (C=O) groups excluding carboxylic acids is 1. The first-order valence-electron chi connectivity index (χ1n) is 7.98. The standard InChI is InChI=1S/C19H18ClN3OS/c1-2-13-6-8-15(9-7-13)21-18(24)11-17-12-25-19(23-17)22-16-5-3-4-14(20)10-16/h3-10,12H,2,11H2,1H3,(H,21,24)(H,22,23). The molecule has 1 amide bonds. The zero-order chi connectivity index (χ0) is 17.6. The summed E-state index contributed by atoms with van der Waals surface area (Å²) in [5, 5.41) is 9.37. The molecule has 1 heterocycles. The van der Waals surface area contributed by atoms with E-state index in [-0.39, 0.29) is 12.3 Å². The molecule has 2 N–H and O–H groups in total. The highest BCUT2D eigenvalue weighted by molar-refractivity contribution is 7.13. The first-order chi connectivity index (χ1) is 12.1. The number of nitrogens with one attached hydrogen (secondary N) is 2. The van der Waals surface area contributed by atoms with E-state index in [1.807, 2.05) is 53.9 Å². The van der Waals surface area contributed by atoms with Gasteiger partial charge in [-0.1, -0.05) is 36.7 Å². The van der Waals surface area contributed by atoms with Crippen LogP contribution in [0.1, 0.15) is 18.2 Å². The van der Waals surface area contributed by atoms with E-state index in [4.69, 9.17) is 11.6 Å². The molecule has 4 nitrogen and oxygen atoms in total. The molecule has 0 spiro atoms. The second kappa shape index (κ2) is 8.14. The Labute approximate surface area is 155 Å². The molecule has 0 atom stereocenters. The van der Waals surface area contributed by atoms with Crippen LogP contribution in [-0.2, 0) is 17.6 Å². The van der Waals surface area contributed by atoms with Crippen molar-refractivity contribution in [1.29, 1.82) is 0 Å². The van der Waals surface area contributed by atoms with Crippen LogP contribution in [0, 0.1) is 0 Å². The Kier molecular flexibility index (Phi) is 5.68. The third-order valence-electron chi connectivity index (χ3n) is 3.62. The Bertz CT molecular complexity index is 861. The zero-order valence-electron chi connectivity index (χ0n) is 13.8. The molecule has 0 aliphatic carbocycles. The summed E-state index contributed by atoms with van der Waals surface area (Å²) < 4.78 is 0. The van der Waals surface area contributed by atoms with E-state index in [0.717, 1.165) is 28.6 Å². The van der Waals surface area contributed by atoms with Crippen LogP contribution < -0.4 is 10.6 Å². The smallest absolute Gasteiger partial charge is 0.230 e. The van der Waals surface area contributed by atoms with Crippen LogP contribution in [-0.4, -0.2) is 10.9 Å². The predicted molar refractivity (Wildman–Crippen MR) is 105 cm³/mol. The van der Waals surface area contributed by atoms with Crippen LogP contribution in [0.5, 0.6) is 0 Å². The molecule has 0 aliphatic heterocycles. The van der Waals surface area contributed by atoms with Crippen molar-refractivity contribution in [2.45, 2.75) is 19.8 Å².